The topological polar surface area (TPSA) is 63.3 Å². The summed E-state index contributed by atoms with van der Waals surface area (Å²) in [5.41, 5.74) is 4.62. The predicted octanol–water partition coefficient (Wildman–Crippen LogP) is -0.770. The summed E-state index contributed by atoms with van der Waals surface area (Å²) in [6.45, 7) is 0. The first-order chi connectivity index (χ1) is 4.58. The molecule has 0 aromatic carbocycles. The molecule has 1 aliphatic carbocycles. The van der Waals surface area contributed by atoms with Crippen LogP contribution in [0.5, 0.6) is 0 Å². The van der Waals surface area contributed by atoms with E-state index in [1.807, 2.05) is 0 Å². The van der Waals surface area contributed by atoms with Crippen molar-refractivity contribution in [2.75, 3.05) is 0 Å². The lowest BCUT2D eigenvalue weighted by Crippen LogP contribution is -2.57. The van der Waals surface area contributed by atoms with Gasteiger partial charge in [-0.15, -0.1) is 0 Å². The molecule has 0 heterocycles. The normalized spacial score (nSPS) is 38.7. The number of nitrogens with two attached hydrogens (primary N) is 1. The zero-order valence-electron chi connectivity index (χ0n) is 6.13. The van der Waals surface area contributed by atoms with Crippen LogP contribution >= 0.6 is 0 Å². The first kappa shape index (κ1) is 7.60. The van der Waals surface area contributed by atoms with Gasteiger partial charge in [-0.3, -0.25) is 4.79 Å². The van der Waals surface area contributed by atoms with Crippen molar-refractivity contribution in [1.29, 1.82) is 0 Å². The third-order valence-electron chi connectivity index (χ3n) is 2.31. The van der Waals surface area contributed by atoms with E-state index in [1.165, 1.54) is 0 Å². The number of hydrogen-bond donors (Lipinski definition) is 2. The number of carbonyl (C=O) groups is 1. The van der Waals surface area contributed by atoms with Crippen LogP contribution in [0.25, 0.3) is 0 Å². The van der Waals surface area contributed by atoms with E-state index in [1.54, 1.807) is 0 Å². The Labute approximate surface area is 61.0 Å². The number of carboxylic acid groups (broad SMARTS) is 1. The molecule has 3 nitrogen and oxygen atoms in total. The smallest absolute Gasteiger partial charge is 0.323 e. The molecule has 1 aliphatic rings. The van der Waals surface area contributed by atoms with Crippen LogP contribution in [-0.4, -0.2) is 24.5 Å². The monoisotopic (exact) mass is 141 g/mol. The summed E-state index contributed by atoms with van der Waals surface area (Å²) in [7, 11) is 2.06. The van der Waals surface area contributed by atoms with E-state index in [4.69, 9.17) is 10.8 Å². The summed E-state index contributed by atoms with van der Waals surface area (Å²) < 4.78 is 0. The molecule has 0 aromatic heterocycles. The largest absolute Gasteiger partial charge is 0.480 e. The third-order valence-corrected chi connectivity index (χ3v) is 2.31. The number of hydrogen-bond acceptors (Lipinski definition) is 2. The fraction of sp³-hybridized carbons (Fsp3) is 0.833. The molecule has 3 N–H and O–H groups in total. The van der Waals surface area contributed by atoms with Crippen molar-refractivity contribution in [2.24, 2.45) is 11.7 Å². The van der Waals surface area contributed by atoms with E-state index in [0.717, 1.165) is 6.32 Å². The first-order valence-corrected chi connectivity index (χ1v) is 3.61. The minimum absolute atomic E-state index is 0.543. The summed E-state index contributed by atoms with van der Waals surface area (Å²) in [6, 6.07) is 0. The minimum atomic E-state index is -0.888. The van der Waals surface area contributed by atoms with Crippen LogP contribution in [0.4, 0.5) is 0 Å². The van der Waals surface area contributed by atoms with Crippen LogP contribution in [0.1, 0.15) is 12.8 Å². The minimum Gasteiger partial charge on any atom is -0.480 e. The molecule has 56 valence electrons. The molecular formula is C6H12BNO2. The third kappa shape index (κ3) is 1.03. The Morgan fingerprint density at radius 2 is 2.30 bits per heavy atom. The molecule has 4 heteroatoms. The second-order valence-corrected chi connectivity index (χ2v) is 3.14. The van der Waals surface area contributed by atoms with E-state index >= 15 is 0 Å². The molecule has 0 amide bonds. The molecule has 0 atom stereocenters. The van der Waals surface area contributed by atoms with Crippen molar-refractivity contribution in [3.8, 4) is 0 Å². The fourth-order valence-electron chi connectivity index (χ4n) is 1.43. The van der Waals surface area contributed by atoms with Crippen LogP contribution in [0, 0.1) is 5.92 Å². The number of carboxylic acids is 1. The Bertz CT molecular complexity index is 154. The van der Waals surface area contributed by atoms with Crippen LogP contribution < -0.4 is 5.73 Å². The number of aliphatic carboxylic acids is 1. The maximum absolute atomic E-state index is 10.4. The SMILES string of the molecule is BCC1CC(N)(C(=O)O)C1. The maximum atomic E-state index is 10.4. The highest BCUT2D eigenvalue weighted by molar-refractivity contribution is 6.08. The van der Waals surface area contributed by atoms with Gasteiger partial charge in [-0.1, -0.05) is 6.32 Å². The summed E-state index contributed by atoms with van der Waals surface area (Å²) in [5.74, 6) is -0.307. The molecule has 0 unspecified atom stereocenters. The van der Waals surface area contributed by atoms with Gasteiger partial charge in [0, 0.05) is 0 Å². The van der Waals surface area contributed by atoms with Gasteiger partial charge in [0.2, 0.25) is 0 Å². The average molecular weight is 141 g/mol. The van der Waals surface area contributed by atoms with E-state index in [0.29, 0.717) is 18.8 Å². The van der Waals surface area contributed by atoms with Crippen molar-refractivity contribution in [2.45, 2.75) is 24.7 Å². The van der Waals surface area contributed by atoms with Crippen LogP contribution in [0.3, 0.4) is 0 Å². The first-order valence-electron chi connectivity index (χ1n) is 3.61. The van der Waals surface area contributed by atoms with Crippen molar-refractivity contribution >= 4 is 13.8 Å². The molecule has 1 rings (SSSR count). The molecule has 0 spiro atoms. The van der Waals surface area contributed by atoms with Gasteiger partial charge in [0.1, 0.15) is 13.4 Å². The van der Waals surface area contributed by atoms with Gasteiger partial charge in [0.05, 0.1) is 0 Å². The molecule has 0 aromatic rings. The summed E-state index contributed by atoms with van der Waals surface area (Å²) in [5, 5.41) is 8.58. The van der Waals surface area contributed by atoms with Crippen molar-refractivity contribution < 1.29 is 9.90 Å². The van der Waals surface area contributed by atoms with Gasteiger partial charge >= 0.3 is 5.97 Å². The van der Waals surface area contributed by atoms with Crippen LogP contribution in [0.2, 0.25) is 6.32 Å². The lowest BCUT2D eigenvalue weighted by Gasteiger charge is -2.41. The average Bonchev–Trinajstić information content (AvgIpc) is 1.80. The Balaban J connectivity index is 2.42. The standard InChI is InChI=1S/C6H12BNO2/c7-3-4-1-6(8,2-4)5(9)10/h4H,1-3,7-8H2,(H,9,10). The maximum Gasteiger partial charge on any atom is 0.323 e. The van der Waals surface area contributed by atoms with Crippen LogP contribution in [-0.2, 0) is 4.79 Å². The molecule has 1 saturated carbocycles. The lowest BCUT2D eigenvalue weighted by atomic mass is 9.64. The Kier molecular flexibility index (Phi) is 1.73. The quantitative estimate of drug-likeness (QED) is 0.496. The van der Waals surface area contributed by atoms with Crippen molar-refractivity contribution in [3.05, 3.63) is 0 Å². The Morgan fingerprint density at radius 3 is 2.60 bits per heavy atom. The summed E-state index contributed by atoms with van der Waals surface area (Å²) in [6.07, 6.45) is 2.35. The molecule has 0 bridgehead atoms. The highest BCUT2D eigenvalue weighted by Gasteiger charge is 2.45. The zero-order chi connectivity index (χ0) is 7.78. The number of rotatable bonds is 2. The fourth-order valence-corrected chi connectivity index (χ4v) is 1.43. The summed E-state index contributed by atoms with van der Waals surface area (Å²) in [4.78, 5) is 10.4. The van der Waals surface area contributed by atoms with Crippen LogP contribution in [0.15, 0.2) is 0 Å². The predicted molar refractivity (Wildman–Crippen MR) is 40.6 cm³/mol. The van der Waals surface area contributed by atoms with Gasteiger partial charge in [-0.25, -0.2) is 0 Å². The van der Waals surface area contributed by atoms with Gasteiger partial charge < -0.3 is 10.8 Å². The lowest BCUT2D eigenvalue weighted by molar-refractivity contribution is -0.148. The van der Waals surface area contributed by atoms with Crippen molar-refractivity contribution in [3.63, 3.8) is 0 Å². The highest BCUT2D eigenvalue weighted by atomic mass is 16.4. The Hall–Kier alpha value is -0.505. The second-order valence-electron chi connectivity index (χ2n) is 3.14. The van der Waals surface area contributed by atoms with E-state index < -0.39 is 11.5 Å². The molecular weight excluding hydrogens is 129 g/mol. The molecule has 0 radical (unpaired) electrons. The second kappa shape index (κ2) is 2.27. The van der Waals surface area contributed by atoms with Gasteiger partial charge in [0.15, 0.2) is 0 Å². The molecule has 10 heavy (non-hydrogen) atoms. The van der Waals surface area contributed by atoms with Crippen molar-refractivity contribution in [1.82, 2.24) is 0 Å². The van der Waals surface area contributed by atoms with Gasteiger partial charge in [-0.2, -0.15) is 0 Å². The zero-order valence-corrected chi connectivity index (χ0v) is 6.13. The molecule has 1 fully saturated rings. The van der Waals surface area contributed by atoms with E-state index in [2.05, 4.69) is 7.85 Å². The molecule has 0 aliphatic heterocycles. The van der Waals surface area contributed by atoms with Gasteiger partial charge in [-0.05, 0) is 18.8 Å². The Morgan fingerprint density at radius 1 is 1.80 bits per heavy atom. The molecule has 0 saturated heterocycles. The van der Waals surface area contributed by atoms with E-state index in [-0.39, 0.29) is 0 Å². The van der Waals surface area contributed by atoms with Gasteiger partial charge in [0.25, 0.3) is 0 Å². The summed E-state index contributed by atoms with van der Waals surface area (Å²) >= 11 is 0. The highest BCUT2D eigenvalue weighted by Crippen LogP contribution is 2.37. The van der Waals surface area contributed by atoms with E-state index in [9.17, 15) is 4.79 Å².